The van der Waals surface area contributed by atoms with E-state index in [4.69, 9.17) is 0 Å². The summed E-state index contributed by atoms with van der Waals surface area (Å²) in [6.45, 7) is 2.52. The van der Waals surface area contributed by atoms with Crippen LogP contribution in [0.4, 0.5) is 0 Å². The van der Waals surface area contributed by atoms with Crippen LogP contribution in [0.15, 0.2) is 71.6 Å². The number of carbonyl (C=O) groups excluding carboxylic acids is 1. The summed E-state index contributed by atoms with van der Waals surface area (Å²) >= 11 is 0. The Morgan fingerprint density at radius 3 is 2.43 bits per heavy atom. The molecule has 0 aliphatic heterocycles. The number of carbonyl (C=O) groups is 1. The van der Waals surface area contributed by atoms with Crippen molar-refractivity contribution in [2.45, 2.75) is 31.2 Å². The summed E-state index contributed by atoms with van der Waals surface area (Å²) in [6, 6.07) is 21.4. The molecule has 3 aromatic carbocycles. The number of nitrogens with zero attached hydrogens (tertiary/aromatic N) is 3. The predicted octanol–water partition coefficient (Wildman–Crippen LogP) is 4.05. The number of amides is 1. The Kier molecular flexibility index (Phi) is 7.05. The van der Waals surface area contributed by atoms with Gasteiger partial charge in [-0.25, -0.2) is 17.7 Å². The largest absolute Gasteiger partial charge is 0.352 e. The predicted molar refractivity (Wildman–Crippen MR) is 138 cm³/mol. The fraction of sp³-hybridized carbons (Fsp3) is 0.259. The first-order chi connectivity index (χ1) is 16.6. The quantitative estimate of drug-likeness (QED) is 0.404. The van der Waals surface area contributed by atoms with Crippen LogP contribution in [0.1, 0.15) is 23.4 Å². The standard InChI is InChI=1S/C27H30N4O3S/c1-19-7-5-9-21(15-19)22-10-6-8-20(16-22)18-28-27(32)14-13-26-29-24-17-23(35(33,34)30(2)3)11-12-25(24)31(26)4/h5-12,15-17H,13-14,18H2,1-4H3,(H,28,32). The second-order valence-corrected chi connectivity index (χ2v) is 11.0. The Morgan fingerprint density at radius 2 is 1.71 bits per heavy atom. The van der Waals surface area contributed by atoms with Crippen molar-refractivity contribution < 1.29 is 13.2 Å². The lowest BCUT2D eigenvalue weighted by Crippen LogP contribution is -2.23. The van der Waals surface area contributed by atoms with Gasteiger partial charge in [0.15, 0.2) is 0 Å². The topological polar surface area (TPSA) is 84.3 Å². The molecule has 0 saturated heterocycles. The highest BCUT2D eigenvalue weighted by molar-refractivity contribution is 7.89. The van der Waals surface area contributed by atoms with Gasteiger partial charge in [-0.05, 0) is 47.9 Å². The fourth-order valence-electron chi connectivity index (χ4n) is 4.02. The van der Waals surface area contributed by atoms with E-state index < -0.39 is 10.0 Å². The molecular formula is C27H30N4O3S. The molecule has 0 bridgehead atoms. The molecule has 1 heterocycles. The number of hydrogen-bond donors (Lipinski definition) is 1. The van der Waals surface area contributed by atoms with Gasteiger partial charge in [0.2, 0.25) is 15.9 Å². The highest BCUT2D eigenvalue weighted by Crippen LogP contribution is 2.23. The first-order valence-electron chi connectivity index (χ1n) is 11.5. The third-order valence-electron chi connectivity index (χ3n) is 6.07. The molecule has 0 unspecified atom stereocenters. The second-order valence-electron chi connectivity index (χ2n) is 8.87. The minimum Gasteiger partial charge on any atom is -0.352 e. The summed E-state index contributed by atoms with van der Waals surface area (Å²) in [6.07, 6.45) is 0.744. The number of rotatable bonds is 8. The first kappa shape index (κ1) is 24.6. The molecule has 35 heavy (non-hydrogen) atoms. The molecule has 1 aromatic heterocycles. The Morgan fingerprint density at radius 1 is 1.00 bits per heavy atom. The van der Waals surface area contributed by atoms with Crippen LogP contribution in [0.5, 0.6) is 0 Å². The van der Waals surface area contributed by atoms with Crippen LogP contribution in [0.3, 0.4) is 0 Å². The van der Waals surface area contributed by atoms with E-state index in [1.54, 1.807) is 18.2 Å². The monoisotopic (exact) mass is 490 g/mol. The van der Waals surface area contributed by atoms with Gasteiger partial charge >= 0.3 is 0 Å². The number of imidazole rings is 1. The zero-order chi connectivity index (χ0) is 25.2. The van der Waals surface area contributed by atoms with E-state index in [0.717, 1.165) is 28.0 Å². The molecule has 0 spiro atoms. The van der Waals surface area contributed by atoms with Crippen LogP contribution in [-0.4, -0.2) is 42.3 Å². The lowest BCUT2D eigenvalue weighted by molar-refractivity contribution is -0.121. The van der Waals surface area contributed by atoms with E-state index in [9.17, 15) is 13.2 Å². The second kappa shape index (κ2) is 10.0. The zero-order valence-electron chi connectivity index (χ0n) is 20.4. The molecule has 0 fully saturated rings. The van der Waals surface area contributed by atoms with Crippen molar-refractivity contribution >= 4 is 27.0 Å². The van der Waals surface area contributed by atoms with Gasteiger partial charge in [-0.15, -0.1) is 0 Å². The van der Waals surface area contributed by atoms with E-state index in [2.05, 4.69) is 47.6 Å². The summed E-state index contributed by atoms with van der Waals surface area (Å²) in [4.78, 5) is 17.3. The molecule has 8 heteroatoms. The van der Waals surface area contributed by atoms with Crippen molar-refractivity contribution in [1.29, 1.82) is 0 Å². The van der Waals surface area contributed by atoms with Crippen LogP contribution in [0.25, 0.3) is 22.2 Å². The summed E-state index contributed by atoms with van der Waals surface area (Å²) in [7, 11) is 1.34. The number of sulfonamides is 1. The number of aromatic nitrogens is 2. The van der Waals surface area contributed by atoms with E-state index >= 15 is 0 Å². The number of nitrogens with one attached hydrogen (secondary N) is 1. The van der Waals surface area contributed by atoms with Crippen LogP contribution in [0.2, 0.25) is 0 Å². The van der Waals surface area contributed by atoms with E-state index in [1.807, 2.05) is 29.8 Å². The van der Waals surface area contributed by atoms with Crippen LogP contribution >= 0.6 is 0 Å². The van der Waals surface area contributed by atoms with Gasteiger partial charge in [0.25, 0.3) is 0 Å². The molecule has 0 saturated carbocycles. The molecule has 1 amide bonds. The molecule has 7 nitrogen and oxygen atoms in total. The fourth-order valence-corrected chi connectivity index (χ4v) is 4.95. The number of fused-ring (bicyclic) bond motifs is 1. The summed E-state index contributed by atoms with van der Waals surface area (Å²) < 4.78 is 27.9. The van der Waals surface area contributed by atoms with Crippen molar-refractivity contribution in [2.75, 3.05) is 14.1 Å². The van der Waals surface area contributed by atoms with Crippen LogP contribution in [0, 0.1) is 6.92 Å². The van der Waals surface area contributed by atoms with Crippen LogP contribution in [-0.2, 0) is 34.8 Å². The minimum atomic E-state index is -3.53. The molecule has 0 aliphatic carbocycles. The van der Waals surface area contributed by atoms with Gasteiger partial charge in [0.05, 0.1) is 15.9 Å². The molecule has 4 rings (SSSR count). The maximum Gasteiger partial charge on any atom is 0.242 e. The number of hydrogen-bond acceptors (Lipinski definition) is 4. The summed E-state index contributed by atoms with van der Waals surface area (Å²) in [5, 5.41) is 2.99. The normalized spacial score (nSPS) is 11.8. The highest BCUT2D eigenvalue weighted by atomic mass is 32.2. The maximum absolute atomic E-state index is 12.5. The van der Waals surface area contributed by atoms with Gasteiger partial charge < -0.3 is 9.88 Å². The number of aryl methyl sites for hydroxylation is 3. The third-order valence-corrected chi connectivity index (χ3v) is 7.88. The van der Waals surface area contributed by atoms with Crippen molar-refractivity contribution in [3.05, 3.63) is 83.7 Å². The lowest BCUT2D eigenvalue weighted by Gasteiger charge is -2.10. The summed E-state index contributed by atoms with van der Waals surface area (Å²) in [5.74, 6) is 0.671. The van der Waals surface area contributed by atoms with E-state index in [0.29, 0.717) is 18.5 Å². The zero-order valence-corrected chi connectivity index (χ0v) is 21.3. The Balaban J connectivity index is 1.40. The van der Waals surface area contributed by atoms with Crippen molar-refractivity contribution in [3.63, 3.8) is 0 Å². The van der Waals surface area contributed by atoms with Crippen molar-refractivity contribution in [3.8, 4) is 11.1 Å². The SMILES string of the molecule is Cc1cccc(-c2cccc(CNC(=O)CCc3nc4cc(S(=O)(=O)N(C)C)ccc4n3C)c2)c1. The van der Waals surface area contributed by atoms with E-state index in [1.165, 1.54) is 24.0 Å². The maximum atomic E-state index is 12.5. The number of benzene rings is 3. The van der Waals surface area contributed by atoms with Crippen LogP contribution < -0.4 is 5.32 Å². The van der Waals surface area contributed by atoms with Gasteiger partial charge in [0, 0.05) is 40.5 Å². The van der Waals surface area contributed by atoms with Gasteiger partial charge in [-0.1, -0.05) is 48.0 Å². The van der Waals surface area contributed by atoms with Gasteiger partial charge in [-0.2, -0.15) is 0 Å². The molecular weight excluding hydrogens is 460 g/mol. The smallest absolute Gasteiger partial charge is 0.242 e. The molecule has 182 valence electrons. The average molecular weight is 491 g/mol. The first-order valence-corrected chi connectivity index (χ1v) is 12.9. The minimum absolute atomic E-state index is 0.0612. The van der Waals surface area contributed by atoms with Gasteiger partial charge in [0.1, 0.15) is 5.82 Å². The Bertz CT molecular complexity index is 1490. The highest BCUT2D eigenvalue weighted by Gasteiger charge is 2.19. The molecule has 1 N–H and O–H groups in total. The van der Waals surface area contributed by atoms with E-state index in [-0.39, 0.29) is 17.2 Å². The van der Waals surface area contributed by atoms with Gasteiger partial charge in [-0.3, -0.25) is 4.79 Å². The Hall–Kier alpha value is -3.49. The Labute approximate surface area is 206 Å². The lowest BCUT2D eigenvalue weighted by atomic mass is 10.0. The summed E-state index contributed by atoms with van der Waals surface area (Å²) in [5.41, 5.74) is 5.94. The molecule has 0 radical (unpaired) electrons. The molecule has 0 atom stereocenters. The molecule has 4 aromatic rings. The van der Waals surface area contributed by atoms with Crippen molar-refractivity contribution in [1.82, 2.24) is 19.2 Å². The molecule has 0 aliphatic rings. The van der Waals surface area contributed by atoms with Crippen molar-refractivity contribution in [2.24, 2.45) is 7.05 Å². The third kappa shape index (κ3) is 5.44. The average Bonchev–Trinajstić information content (AvgIpc) is 3.16.